The molecular formula is C16H17BrClNO2. The van der Waals surface area contributed by atoms with Crippen LogP contribution in [0.2, 0.25) is 5.02 Å². The molecule has 0 amide bonds. The maximum atomic E-state index is 6.20. The number of hydrogen-bond donors (Lipinski definition) is 1. The highest BCUT2D eigenvalue weighted by atomic mass is 79.9. The Hall–Kier alpha value is -1.39. The van der Waals surface area contributed by atoms with Crippen LogP contribution in [-0.4, -0.2) is 14.2 Å². The van der Waals surface area contributed by atoms with Crippen LogP contribution in [0.3, 0.4) is 0 Å². The van der Waals surface area contributed by atoms with E-state index in [1.807, 2.05) is 18.2 Å². The highest BCUT2D eigenvalue weighted by Gasteiger charge is 2.10. The molecule has 3 nitrogen and oxygen atoms in total. The average molecular weight is 371 g/mol. The van der Waals surface area contributed by atoms with Crippen molar-refractivity contribution in [3.63, 3.8) is 0 Å². The Bertz CT molecular complexity index is 646. The van der Waals surface area contributed by atoms with Crippen LogP contribution in [0.5, 0.6) is 11.5 Å². The second-order valence-electron chi connectivity index (χ2n) is 4.63. The zero-order chi connectivity index (χ0) is 15.4. The summed E-state index contributed by atoms with van der Waals surface area (Å²) in [7, 11) is 3.17. The van der Waals surface area contributed by atoms with Crippen molar-refractivity contribution in [1.82, 2.24) is 0 Å². The van der Waals surface area contributed by atoms with Crippen molar-refractivity contribution in [3.8, 4) is 11.5 Å². The number of benzene rings is 2. The third kappa shape index (κ3) is 3.83. The highest BCUT2D eigenvalue weighted by molar-refractivity contribution is 9.10. The summed E-state index contributed by atoms with van der Waals surface area (Å²) in [5, 5.41) is 3.90. The molecule has 5 heteroatoms. The van der Waals surface area contributed by atoms with E-state index in [2.05, 4.69) is 40.3 Å². The van der Waals surface area contributed by atoms with Crippen LogP contribution in [0.15, 0.2) is 34.8 Å². The van der Waals surface area contributed by atoms with Crippen LogP contribution in [-0.2, 0) is 6.54 Å². The zero-order valence-corrected chi connectivity index (χ0v) is 14.5. The summed E-state index contributed by atoms with van der Waals surface area (Å²) in [5.41, 5.74) is 3.27. The lowest BCUT2D eigenvalue weighted by atomic mass is 10.2. The molecule has 0 atom stereocenters. The third-order valence-corrected chi connectivity index (χ3v) is 4.30. The van der Waals surface area contributed by atoms with Crippen LogP contribution in [0.1, 0.15) is 11.1 Å². The number of hydrogen-bond acceptors (Lipinski definition) is 3. The minimum absolute atomic E-state index is 0.540. The van der Waals surface area contributed by atoms with E-state index in [0.717, 1.165) is 15.7 Å². The van der Waals surface area contributed by atoms with E-state index in [1.54, 1.807) is 14.2 Å². The molecule has 112 valence electrons. The second-order valence-corrected chi connectivity index (χ2v) is 5.89. The summed E-state index contributed by atoms with van der Waals surface area (Å²) in [6.07, 6.45) is 0. The molecule has 0 aliphatic rings. The van der Waals surface area contributed by atoms with Crippen molar-refractivity contribution >= 4 is 33.2 Å². The molecule has 0 bridgehead atoms. The van der Waals surface area contributed by atoms with E-state index < -0.39 is 0 Å². The summed E-state index contributed by atoms with van der Waals surface area (Å²) in [6.45, 7) is 2.71. The SMILES string of the molecule is COc1cc(CNc2ccc(C)c(Br)c2)cc(Cl)c1OC. The Morgan fingerprint density at radius 3 is 2.52 bits per heavy atom. The van der Waals surface area contributed by atoms with Crippen molar-refractivity contribution in [2.75, 3.05) is 19.5 Å². The average Bonchev–Trinajstić information content (AvgIpc) is 2.47. The van der Waals surface area contributed by atoms with Crippen LogP contribution in [0, 0.1) is 6.92 Å². The second kappa shape index (κ2) is 7.05. The van der Waals surface area contributed by atoms with Gasteiger partial charge in [0.25, 0.3) is 0 Å². The van der Waals surface area contributed by atoms with Gasteiger partial charge in [0.05, 0.1) is 19.2 Å². The Balaban J connectivity index is 2.16. The molecule has 2 rings (SSSR count). The maximum Gasteiger partial charge on any atom is 0.179 e. The van der Waals surface area contributed by atoms with Crippen LogP contribution in [0.25, 0.3) is 0 Å². The highest BCUT2D eigenvalue weighted by Crippen LogP contribution is 2.36. The Labute approximate surface area is 138 Å². The first-order chi connectivity index (χ1) is 10.0. The van der Waals surface area contributed by atoms with E-state index >= 15 is 0 Å². The molecule has 2 aromatic carbocycles. The number of aryl methyl sites for hydroxylation is 1. The molecule has 0 fully saturated rings. The zero-order valence-electron chi connectivity index (χ0n) is 12.2. The first-order valence-corrected chi connectivity index (χ1v) is 7.62. The molecule has 0 unspecified atom stereocenters. The van der Waals surface area contributed by atoms with Gasteiger partial charge in [-0.2, -0.15) is 0 Å². The molecule has 0 aromatic heterocycles. The number of anilines is 1. The molecule has 0 saturated heterocycles. The van der Waals surface area contributed by atoms with Crippen LogP contribution >= 0.6 is 27.5 Å². The Morgan fingerprint density at radius 2 is 1.90 bits per heavy atom. The minimum Gasteiger partial charge on any atom is -0.493 e. The smallest absolute Gasteiger partial charge is 0.179 e. The fraction of sp³-hybridized carbons (Fsp3) is 0.250. The van der Waals surface area contributed by atoms with E-state index in [4.69, 9.17) is 21.1 Å². The lowest BCUT2D eigenvalue weighted by Crippen LogP contribution is -2.01. The van der Waals surface area contributed by atoms with Gasteiger partial charge >= 0.3 is 0 Å². The van der Waals surface area contributed by atoms with Crippen molar-refractivity contribution < 1.29 is 9.47 Å². The number of ether oxygens (including phenoxy) is 2. The van der Waals surface area contributed by atoms with E-state index in [-0.39, 0.29) is 0 Å². The maximum absolute atomic E-state index is 6.20. The van der Waals surface area contributed by atoms with Gasteiger partial charge in [0, 0.05) is 16.7 Å². The molecular weight excluding hydrogens is 354 g/mol. The number of methoxy groups -OCH3 is 2. The molecule has 0 radical (unpaired) electrons. The van der Waals surface area contributed by atoms with Gasteiger partial charge < -0.3 is 14.8 Å². The topological polar surface area (TPSA) is 30.5 Å². The molecule has 0 heterocycles. The van der Waals surface area contributed by atoms with Crippen LogP contribution in [0.4, 0.5) is 5.69 Å². The van der Waals surface area contributed by atoms with Gasteiger partial charge in [-0.3, -0.25) is 0 Å². The largest absolute Gasteiger partial charge is 0.493 e. The Morgan fingerprint density at radius 1 is 1.14 bits per heavy atom. The fourth-order valence-corrected chi connectivity index (χ4v) is 2.67. The van der Waals surface area contributed by atoms with Crippen molar-refractivity contribution in [1.29, 1.82) is 0 Å². The quantitative estimate of drug-likeness (QED) is 0.800. The number of nitrogens with one attached hydrogen (secondary N) is 1. The van der Waals surface area contributed by atoms with Crippen LogP contribution < -0.4 is 14.8 Å². The number of halogens is 2. The minimum atomic E-state index is 0.540. The van der Waals surface area contributed by atoms with Crippen molar-refractivity contribution in [3.05, 3.63) is 51.0 Å². The summed E-state index contributed by atoms with van der Waals surface area (Å²) in [6, 6.07) is 9.95. The summed E-state index contributed by atoms with van der Waals surface area (Å²) in [4.78, 5) is 0. The van der Waals surface area contributed by atoms with Gasteiger partial charge in [0.1, 0.15) is 0 Å². The summed E-state index contributed by atoms with van der Waals surface area (Å²) >= 11 is 9.73. The first kappa shape index (κ1) is 16.0. The predicted molar refractivity (Wildman–Crippen MR) is 90.8 cm³/mol. The molecule has 0 saturated carbocycles. The third-order valence-electron chi connectivity index (χ3n) is 3.16. The summed E-state index contributed by atoms with van der Waals surface area (Å²) < 4.78 is 11.6. The van der Waals surface area contributed by atoms with Gasteiger partial charge in [-0.15, -0.1) is 0 Å². The van der Waals surface area contributed by atoms with Gasteiger partial charge in [0.15, 0.2) is 11.5 Å². The normalized spacial score (nSPS) is 10.3. The summed E-state index contributed by atoms with van der Waals surface area (Å²) in [5.74, 6) is 1.19. The molecule has 21 heavy (non-hydrogen) atoms. The standard InChI is InChI=1S/C16H17BrClNO2/c1-10-4-5-12(8-13(10)17)19-9-11-6-14(18)16(21-3)15(7-11)20-2/h4-8,19H,9H2,1-3H3. The van der Waals surface area contributed by atoms with Gasteiger partial charge in [-0.1, -0.05) is 33.6 Å². The van der Waals surface area contributed by atoms with Crippen molar-refractivity contribution in [2.45, 2.75) is 13.5 Å². The van der Waals surface area contributed by atoms with E-state index in [1.165, 1.54) is 5.56 Å². The lowest BCUT2D eigenvalue weighted by molar-refractivity contribution is 0.355. The molecule has 0 aliphatic carbocycles. The first-order valence-electron chi connectivity index (χ1n) is 6.45. The predicted octanol–water partition coefficient (Wildman–Crippen LogP) is 5.04. The Kier molecular flexibility index (Phi) is 5.37. The molecule has 0 spiro atoms. The van der Waals surface area contributed by atoms with Gasteiger partial charge in [-0.05, 0) is 42.3 Å². The van der Waals surface area contributed by atoms with E-state index in [0.29, 0.717) is 23.1 Å². The fourth-order valence-electron chi connectivity index (χ4n) is 1.98. The van der Waals surface area contributed by atoms with E-state index in [9.17, 15) is 0 Å². The van der Waals surface area contributed by atoms with Gasteiger partial charge in [0.2, 0.25) is 0 Å². The monoisotopic (exact) mass is 369 g/mol. The molecule has 0 aliphatic heterocycles. The molecule has 1 N–H and O–H groups in total. The lowest BCUT2D eigenvalue weighted by Gasteiger charge is -2.13. The number of rotatable bonds is 5. The molecule has 2 aromatic rings. The van der Waals surface area contributed by atoms with Crippen molar-refractivity contribution in [2.24, 2.45) is 0 Å². The van der Waals surface area contributed by atoms with Gasteiger partial charge in [-0.25, -0.2) is 0 Å².